The van der Waals surface area contributed by atoms with Gasteiger partial charge >= 0.3 is 5.97 Å². The molecule has 0 radical (unpaired) electrons. The van der Waals surface area contributed by atoms with Crippen LogP contribution in [0.15, 0.2) is 52.6 Å². The van der Waals surface area contributed by atoms with Gasteiger partial charge in [0, 0.05) is 41.6 Å². The van der Waals surface area contributed by atoms with Crippen molar-refractivity contribution >= 4 is 45.8 Å². The van der Waals surface area contributed by atoms with Crippen molar-refractivity contribution in [3.05, 3.63) is 74.6 Å². The van der Waals surface area contributed by atoms with E-state index in [0.29, 0.717) is 33.4 Å². The van der Waals surface area contributed by atoms with E-state index >= 15 is 0 Å². The third kappa shape index (κ3) is 4.57. The maximum absolute atomic E-state index is 11.9. The summed E-state index contributed by atoms with van der Waals surface area (Å²) in [6, 6.07) is 10.7. The Kier molecular flexibility index (Phi) is 6.75. The van der Waals surface area contributed by atoms with E-state index in [0.717, 1.165) is 11.8 Å². The Labute approximate surface area is 203 Å². The van der Waals surface area contributed by atoms with Gasteiger partial charge in [0.1, 0.15) is 6.04 Å². The minimum absolute atomic E-state index is 0.0546. The van der Waals surface area contributed by atoms with Crippen LogP contribution in [0.25, 0.3) is 5.69 Å². The Balaban J connectivity index is 2.01. The molecule has 0 amide bonds. The number of aromatic nitrogens is 3. The number of non-ortho nitro benzene ring substituents is 1. The summed E-state index contributed by atoms with van der Waals surface area (Å²) in [5, 5.41) is 20.5. The van der Waals surface area contributed by atoms with Gasteiger partial charge in [-0.1, -0.05) is 29.8 Å². The van der Waals surface area contributed by atoms with Crippen molar-refractivity contribution in [3.8, 4) is 5.69 Å². The van der Waals surface area contributed by atoms with Crippen molar-refractivity contribution < 1.29 is 19.2 Å². The van der Waals surface area contributed by atoms with Crippen LogP contribution in [-0.4, -0.2) is 43.6 Å². The molecule has 2 heterocycles. The number of thioether (sulfide) groups is 1. The Morgan fingerprint density at radius 1 is 1.21 bits per heavy atom. The second-order valence-corrected chi connectivity index (χ2v) is 8.87. The minimum Gasteiger partial charge on any atom is -0.469 e. The van der Waals surface area contributed by atoms with Crippen molar-refractivity contribution in [2.45, 2.75) is 31.0 Å². The third-order valence-electron chi connectivity index (χ3n) is 5.14. The van der Waals surface area contributed by atoms with Gasteiger partial charge in [-0.05, 0) is 30.3 Å². The number of halogens is 1. The normalized spacial score (nSPS) is 14.4. The molecular formula is C22H18ClN5O5S. The lowest BCUT2D eigenvalue weighted by Crippen LogP contribution is -2.09. The van der Waals surface area contributed by atoms with E-state index in [9.17, 15) is 19.7 Å². The molecule has 1 atom stereocenters. The van der Waals surface area contributed by atoms with E-state index in [1.807, 2.05) is 0 Å². The van der Waals surface area contributed by atoms with Crippen LogP contribution < -0.4 is 0 Å². The molecule has 0 spiro atoms. The second-order valence-electron chi connectivity index (χ2n) is 7.32. The molecule has 2 aromatic carbocycles. The van der Waals surface area contributed by atoms with E-state index in [1.54, 1.807) is 34.9 Å². The molecule has 0 saturated carbocycles. The van der Waals surface area contributed by atoms with Crippen molar-refractivity contribution in [2.24, 2.45) is 4.99 Å². The van der Waals surface area contributed by atoms with E-state index in [4.69, 9.17) is 21.3 Å². The number of carbonyl (C=O) groups excluding carboxylic acids is 2. The van der Waals surface area contributed by atoms with Crippen molar-refractivity contribution in [1.29, 1.82) is 0 Å². The highest BCUT2D eigenvalue weighted by atomic mass is 35.5. The van der Waals surface area contributed by atoms with Crippen LogP contribution in [0.4, 0.5) is 5.69 Å². The zero-order chi connectivity index (χ0) is 24.4. The third-order valence-corrected chi connectivity index (χ3v) is 6.21. The van der Waals surface area contributed by atoms with Gasteiger partial charge in [-0.2, -0.15) is 0 Å². The standard InChI is InChI=1S/C22H18ClN5O5S/c1-12(29)34-22-26-25-21-17(8-10-19(30)33-2)24-20(14-5-3-4-6-16(14)23)15-11-13(28(31)32)7-9-18(15)27(21)22/h3-7,9,11,17H,8,10H2,1-2H3/t17-/m0/s1. The number of hydrogen-bond donors (Lipinski definition) is 0. The predicted molar refractivity (Wildman–Crippen MR) is 126 cm³/mol. The number of ether oxygens (including phenoxy) is 1. The fraction of sp³-hybridized carbons (Fsp3) is 0.227. The average molecular weight is 500 g/mol. The molecule has 34 heavy (non-hydrogen) atoms. The maximum Gasteiger partial charge on any atom is 0.305 e. The van der Waals surface area contributed by atoms with E-state index in [2.05, 4.69) is 10.2 Å². The monoisotopic (exact) mass is 499 g/mol. The molecule has 0 fully saturated rings. The van der Waals surface area contributed by atoms with Gasteiger partial charge in [0.15, 0.2) is 10.9 Å². The molecule has 174 valence electrons. The topological polar surface area (TPSA) is 130 Å². The van der Waals surface area contributed by atoms with Crippen LogP contribution in [0.2, 0.25) is 5.02 Å². The van der Waals surface area contributed by atoms with Crippen LogP contribution >= 0.6 is 23.4 Å². The van der Waals surface area contributed by atoms with E-state index in [1.165, 1.54) is 26.2 Å². The molecule has 1 aliphatic heterocycles. The molecular weight excluding hydrogens is 482 g/mol. The summed E-state index contributed by atoms with van der Waals surface area (Å²) >= 11 is 7.37. The number of fused-ring (bicyclic) bond motifs is 3. The van der Waals surface area contributed by atoms with Gasteiger partial charge in [0.2, 0.25) is 5.16 Å². The summed E-state index contributed by atoms with van der Waals surface area (Å²) in [6.45, 7) is 1.40. The molecule has 0 bridgehead atoms. The average Bonchev–Trinajstić information content (AvgIpc) is 3.15. The Hall–Kier alpha value is -3.57. The summed E-state index contributed by atoms with van der Waals surface area (Å²) < 4.78 is 6.43. The van der Waals surface area contributed by atoms with Crippen molar-refractivity contribution in [1.82, 2.24) is 14.8 Å². The Morgan fingerprint density at radius 2 is 1.97 bits per heavy atom. The number of nitrogens with zero attached hydrogens (tertiary/aromatic N) is 5. The van der Waals surface area contributed by atoms with Crippen LogP contribution in [0.3, 0.4) is 0 Å². The van der Waals surface area contributed by atoms with Gasteiger partial charge < -0.3 is 4.74 Å². The molecule has 0 aliphatic carbocycles. The van der Waals surface area contributed by atoms with Crippen LogP contribution in [0.5, 0.6) is 0 Å². The highest BCUT2D eigenvalue weighted by Gasteiger charge is 2.31. The lowest BCUT2D eigenvalue weighted by molar-refractivity contribution is -0.384. The highest BCUT2D eigenvalue weighted by Crippen LogP contribution is 2.37. The summed E-state index contributed by atoms with van der Waals surface area (Å²) in [5.41, 5.74) is 1.77. The summed E-state index contributed by atoms with van der Waals surface area (Å²) in [5.74, 6) is -0.0268. The van der Waals surface area contributed by atoms with Gasteiger partial charge in [-0.25, -0.2) is 0 Å². The minimum atomic E-state index is -0.661. The Bertz CT molecular complexity index is 1340. The number of benzene rings is 2. The first kappa shape index (κ1) is 23.6. The zero-order valence-corrected chi connectivity index (χ0v) is 19.7. The fourth-order valence-corrected chi connectivity index (χ4v) is 4.49. The van der Waals surface area contributed by atoms with Crippen LogP contribution in [0.1, 0.15) is 42.8 Å². The number of carbonyl (C=O) groups is 2. The fourth-order valence-electron chi connectivity index (χ4n) is 3.64. The number of esters is 1. The molecule has 0 saturated heterocycles. The largest absolute Gasteiger partial charge is 0.469 e. The molecule has 1 aliphatic rings. The molecule has 0 N–H and O–H groups in total. The summed E-state index contributed by atoms with van der Waals surface area (Å²) in [6.07, 6.45) is 0.290. The summed E-state index contributed by atoms with van der Waals surface area (Å²) in [4.78, 5) is 39.7. The molecule has 1 aromatic heterocycles. The maximum atomic E-state index is 11.9. The van der Waals surface area contributed by atoms with Gasteiger partial charge in [0.25, 0.3) is 5.69 Å². The smallest absolute Gasteiger partial charge is 0.305 e. The second kappa shape index (κ2) is 9.74. The predicted octanol–water partition coefficient (Wildman–Crippen LogP) is 4.31. The lowest BCUT2D eigenvalue weighted by atomic mass is 9.99. The number of aliphatic imine (C=N–C) groups is 1. The molecule has 4 rings (SSSR count). The molecule has 10 nitrogen and oxygen atoms in total. The van der Waals surface area contributed by atoms with Crippen LogP contribution in [-0.2, 0) is 14.3 Å². The van der Waals surface area contributed by atoms with E-state index < -0.39 is 16.9 Å². The van der Waals surface area contributed by atoms with Gasteiger partial charge in [-0.3, -0.25) is 29.3 Å². The highest BCUT2D eigenvalue weighted by molar-refractivity contribution is 8.13. The van der Waals surface area contributed by atoms with Gasteiger partial charge in [-0.15, -0.1) is 10.2 Å². The number of methoxy groups -OCH3 is 1. The zero-order valence-electron chi connectivity index (χ0n) is 18.1. The van der Waals surface area contributed by atoms with Crippen molar-refractivity contribution in [3.63, 3.8) is 0 Å². The quantitative estimate of drug-likeness (QED) is 0.212. The molecule has 12 heteroatoms. The number of nitro groups is 1. The van der Waals surface area contributed by atoms with Crippen molar-refractivity contribution in [2.75, 3.05) is 7.11 Å². The molecule has 3 aromatic rings. The number of rotatable bonds is 6. The first-order valence-corrected chi connectivity index (χ1v) is 11.3. The van der Waals surface area contributed by atoms with E-state index in [-0.39, 0.29) is 28.8 Å². The number of nitro benzene ring substituents is 1. The molecule has 0 unspecified atom stereocenters. The first-order valence-electron chi connectivity index (χ1n) is 10.1. The number of hydrogen-bond acceptors (Lipinski definition) is 9. The first-order chi connectivity index (χ1) is 16.3. The summed E-state index contributed by atoms with van der Waals surface area (Å²) in [7, 11) is 1.30. The SMILES string of the molecule is COC(=O)CC[C@@H]1N=C(c2ccccc2Cl)c2cc([N+](=O)[O-])ccc2-n2c(SC(C)=O)nnc21. The van der Waals surface area contributed by atoms with Gasteiger partial charge in [0.05, 0.1) is 23.4 Å². The lowest BCUT2D eigenvalue weighted by Gasteiger charge is -2.13. The van der Waals surface area contributed by atoms with Crippen LogP contribution in [0, 0.1) is 10.1 Å². The Morgan fingerprint density at radius 3 is 2.65 bits per heavy atom.